The maximum atomic E-state index is 13.8. The largest absolute Gasteiger partial charge is 0.508 e. The molecule has 0 amide bonds. The van der Waals surface area contributed by atoms with Gasteiger partial charge < -0.3 is 15.6 Å². The van der Waals surface area contributed by atoms with Gasteiger partial charge in [0.2, 0.25) is 0 Å². The Labute approximate surface area is 103 Å². The number of phenols is 1. The minimum absolute atomic E-state index is 0.00199. The van der Waals surface area contributed by atoms with Crippen molar-refractivity contribution in [1.29, 1.82) is 0 Å². The standard InChI is InChI=1S/C12H15F2NO3/c1-11(13,14)12(7-15,10(17)18-2)8-3-5-9(16)6-4-8/h3-6,16H,7,15H2,1-2H3. The van der Waals surface area contributed by atoms with Crippen molar-refractivity contribution < 1.29 is 23.4 Å². The van der Waals surface area contributed by atoms with E-state index in [4.69, 9.17) is 10.8 Å². The third kappa shape index (κ3) is 2.15. The molecule has 1 unspecified atom stereocenters. The molecule has 0 aliphatic carbocycles. The Hall–Kier alpha value is -1.69. The van der Waals surface area contributed by atoms with Crippen molar-refractivity contribution in [3.8, 4) is 5.75 Å². The second-order valence-corrected chi connectivity index (χ2v) is 4.04. The zero-order valence-electron chi connectivity index (χ0n) is 10.1. The molecule has 0 bridgehead atoms. The van der Waals surface area contributed by atoms with Crippen molar-refractivity contribution in [2.75, 3.05) is 13.7 Å². The molecule has 0 aliphatic rings. The fourth-order valence-electron chi connectivity index (χ4n) is 1.85. The first-order valence-electron chi connectivity index (χ1n) is 5.25. The molecular weight excluding hydrogens is 244 g/mol. The van der Waals surface area contributed by atoms with Crippen molar-refractivity contribution in [3.05, 3.63) is 29.8 Å². The summed E-state index contributed by atoms with van der Waals surface area (Å²) < 4.78 is 32.1. The summed E-state index contributed by atoms with van der Waals surface area (Å²) >= 11 is 0. The maximum absolute atomic E-state index is 13.8. The highest BCUT2D eigenvalue weighted by Gasteiger charge is 2.57. The molecule has 3 N–H and O–H groups in total. The number of ether oxygens (including phenoxy) is 1. The maximum Gasteiger partial charge on any atom is 0.323 e. The van der Waals surface area contributed by atoms with Gasteiger partial charge in [-0.15, -0.1) is 0 Å². The van der Waals surface area contributed by atoms with E-state index in [9.17, 15) is 13.6 Å². The summed E-state index contributed by atoms with van der Waals surface area (Å²) in [5.74, 6) is -4.59. The molecule has 0 heterocycles. The lowest BCUT2D eigenvalue weighted by atomic mass is 9.75. The molecule has 0 aliphatic heterocycles. The number of carbonyl (C=O) groups excluding carboxylic acids is 1. The Morgan fingerprint density at radius 2 is 1.89 bits per heavy atom. The molecule has 0 saturated heterocycles. The van der Waals surface area contributed by atoms with Gasteiger partial charge in [0.1, 0.15) is 5.75 Å². The molecule has 0 saturated carbocycles. The van der Waals surface area contributed by atoms with Crippen LogP contribution in [0.5, 0.6) is 5.75 Å². The minimum atomic E-state index is -3.40. The third-order valence-electron chi connectivity index (χ3n) is 2.95. The van der Waals surface area contributed by atoms with Crippen molar-refractivity contribution in [2.24, 2.45) is 5.73 Å². The van der Waals surface area contributed by atoms with Gasteiger partial charge in [0.15, 0.2) is 5.41 Å². The molecule has 0 aromatic heterocycles. The number of aromatic hydroxyl groups is 1. The first kappa shape index (κ1) is 14.4. The lowest BCUT2D eigenvalue weighted by molar-refractivity contribution is -0.163. The van der Waals surface area contributed by atoms with Crippen LogP contribution in [0.2, 0.25) is 0 Å². The third-order valence-corrected chi connectivity index (χ3v) is 2.95. The lowest BCUT2D eigenvalue weighted by Crippen LogP contribution is -2.55. The van der Waals surface area contributed by atoms with E-state index in [2.05, 4.69) is 4.74 Å². The van der Waals surface area contributed by atoms with Gasteiger partial charge in [-0.1, -0.05) is 12.1 Å². The highest BCUT2D eigenvalue weighted by Crippen LogP contribution is 2.40. The van der Waals surface area contributed by atoms with E-state index >= 15 is 0 Å². The molecule has 1 aromatic rings. The van der Waals surface area contributed by atoms with Gasteiger partial charge in [-0.3, -0.25) is 4.79 Å². The number of methoxy groups -OCH3 is 1. The van der Waals surface area contributed by atoms with Crippen LogP contribution in [0, 0.1) is 0 Å². The molecule has 4 nitrogen and oxygen atoms in total. The number of hydrogen-bond donors (Lipinski definition) is 2. The number of carbonyl (C=O) groups is 1. The number of esters is 1. The second kappa shape index (κ2) is 4.89. The zero-order chi connectivity index (χ0) is 14.0. The van der Waals surface area contributed by atoms with E-state index in [1.54, 1.807) is 0 Å². The van der Waals surface area contributed by atoms with Crippen LogP contribution < -0.4 is 5.73 Å². The number of nitrogens with two attached hydrogens (primary N) is 1. The van der Waals surface area contributed by atoms with Gasteiger partial charge in [-0.2, -0.15) is 0 Å². The molecule has 0 radical (unpaired) electrons. The lowest BCUT2D eigenvalue weighted by Gasteiger charge is -2.35. The van der Waals surface area contributed by atoms with E-state index in [1.165, 1.54) is 24.3 Å². The predicted octanol–water partition coefficient (Wildman–Crippen LogP) is 1.42. The Morgan fingerprint density at radius 3 is 2.22 bits per heavy atom. The summed E-state index contributed by atoms with van der Waals surface area (Å²) in [4.78, 5) is 11.8. The van der Waals surface area contributed by atoms with Gasteiger partial charge in [-0.25, -0.2) is 8.78 Å². The van der Waals surface area contributed by atoms with E-state index in [0.717, 1.165) is 7.11 Å². The molecule has 1 rings (SSSR count). The molecular formula is C12H15F2NO3. The van der Waals surface area contributed by atoms with Crippen LogP contribution in [-0.2, 0) is 14.9 Å². The zero-order valence-corrected chi connectivity index (χ0v) is 10.1. The fourth-order valence-corrected chi connectivity index (χ4v) is 1.85. The van der Waals surface area contributed by atoms with Gasteiger partial charge in [0, 0.05) is 13.5 Å². The fraction of sp³-hybridized carbons (Fsp3) is 0.417. The topological polar surface area (TPSA) is 72.5 Å². The average molecular weight is 259 g/mol. The molecule has 18 heavy (non-hydrogen) atoms. The summed E-state index contributed by atoms with van der Waals surface area (Å²) in [6, 6.07) is 4.90. The highest BCUT2D eigenvalue weighted by molar-refractivity contribution is 5.85. The monoisotopic (exact) mass is 259 g/mol. The summed E-state index contributed by atoms with van der Waals surface area (Å²) in [5, 5.41) is 9.16. The van der Waals surface area contributed by atoms with Crippen LogP contribution >= 0.6 is 0 Å². The van der Waals surface area contributed by atoms with E-state index in [1.807, 2.05) is 0 Å². The highest BCUT2D eigenvalue weighted by atomic mass is 19.3. The summed E-state index contributed by atoms with van der Waals surface area (Å²) in [6.45, 7) is 0.0115. The minimum Gasteiger partial charge on any atom is -0.508 e. The SMILES string of the molecule is COC(=O)C(CN)(c1ccc(O)cc1)C(C)(F)F. The molecule has 0 fully saturated rings. The number of benzene rings is 1. The van der Waals surface area contributed by atoms with Crippen molar-refractivity contribution >= 4 is 5.97 Å². The Balaban J connectivity index is 3.45. The molecule has 0 spiro atoms. The van der Waals surface area contributed by atoms with Crippen LogP contribution in [0.15, 0.2) is 24.3 Å². The summed E-state index contributed by atoms with van der Waals surface area (Å²) in [5.41, 5.74) is 3.14. The molecule has 1 atom stereocenters. The van der Waals surface area contributed by atoms with Crippen molar-refractivity contribution in [3.63, 3.8) is 0 Å². The van der Waals surface area contributed by atoms with Crippen LogP contribution in [0.3, 0.4) is 0 Å². The van der Waals surface area contributed by atoms with Crippen LogP contribution in [0.4, 0.5) is 8.78 Å². The molecule has 1 aromatic carbocycles. The van der Waals surface area contributed by atoms with Crippen LogP contribution in [0.25, 0.3) is 0 Å². The quantitative estimate of drug-likeness (QED) is 0.802. The number of halogens is 2. The number of hydrogen-bond acceptors (Lipinski definition) is 4. The van der Waals surface area contributed by atoms with Gasteiger partial charge in [-0.05, 0) is 17.7 Å². The Bertz CT molecular complexity index is 428. The Morgan fingerprint density at radius 1 is 1.39 bits per heavy atom. The van der Waals surface area contributed by atoms with Gasteiger partial charge in [0.25, 0.3) is 5.92 Å². The van der Waals surface area contributed by atoms with E-state index in [-0.39, 0.29) is 11.3 Å². The smallest absolute Gasteiger partial charge is 0.323 e. The number of alkyl halides is 2. The van der Waals surface area contributed by atoms with Crippen molar-refractivity contribution in [1.82, 2.24) is 0 Å². The summed E-state index contributed by atoms with van der Waals surface area (Å²) in [7, 11) is 1.03. The Kier molecular flexibility index (Phi) is 3.91. The second-order valence-electron chi connectivity index (χ2n) is 4.04. The van der Waals surface area contributed by atoms with Crippen LogP contribution in [0.1, 0.15) is 12.5 Å². The normalized spacial score (nSPS) is 14.9. The van der Waals surface area contributed by atoms with Crippen molar-refractivity contribution in [2.45, 2.75) is 18.3 Å². The molecule has 100 valence electrons. The van der Waals surface area contributed by atoms with E-state index in [0.29, 0.717) is 6.92 Å². The first-order valence-corrected chi connectivity index (χ1v) is 5.25. The van der Waals surface area contributed by atoms with Crippen LogP contribution in [-0.4, -0.2) is 30.7 Å². The predicted molar refractivity (Wildman–Crippen MR) is 61.5 cm³/mol. The molecule has 6 heteroatoms. The van der Waals surface area contributed by atoms with Gasteiger partial charge >= 0.3 is 5.97 Å². The average Bonchev–Trinajstić information content (AvgIpc) is 2.30. The van der Waals surface area contributed by atoms with Gasteiger partial charge in [0.05, 0.1) is 7.11 Å². The van der Waals surface area contributed by atoms with E-state index < -0.39 is 23.9 Å². The number of phenolic OH excluding ortho intramolecular Hbond substituents is 1. The number of rotatable bonds is 4. The summed E-state index contributed by atoms with van der Waals surface area (Å²) in [6.07, 6.45) is 0. The first-order chi connectivity index (χ1) is 8.29.